The fraction of sp³-hybridized carbons (Fsp3) is 0.438. The van der Waals surface area contributed by atoms with Crippen molar-refractivity contribution in [1.82, 2.24) is 19.9 Å². The number of halogens is 1. The third-order valence-corrected chi connectivity index (χ3v) is 4.17. The summed E-state index contributed by atoms with van der Waals surface area (Å²) >= 11 is 5.95. The largest absolute Gasteiger partial charge is 0.356 e. The van der Waals surface area contributed by atoms with Gasteiger partial charge in [-0.2, -0.15) is 15.3 Å². The first kappa shape index (κ1) is 16.4. The molecule has 24 heavy (non-hydrogen) atoms. The SMILES string of the molecule is C#CCCC1(CCC(=O)NCCc2cnc3c(Cl)cnn3c2)N=N1. The first-order chi connectivity index (χ1) is 11.6. The van der Waals surface area contributed by atoms with Crippen LogP contribution in [0.3, 0.4) is 0 Å². The molecule has 0 atom stereocenters. The fourth-order valence-electron chi connectivity index (χ4n) is 2.43. The molecule has 2 aromatic rings. The number of nitrogens with zero attached hydrogens (tertiary/aromatic N) is 5. The summed E-state index contributed by atoms with van der Waals surface area (Å²) in [7, 11) is 0. The van der Waals surface area contributed by atoms with Gasteiger partial charge in [-0.3, -0.25) is 4.79 Å². The molecule has 0 fully saturated rings. The maximum Gasteiger partial charge on any atom is 0.220 e. The first-order valence-electron chi connectivity index (χ1n) is 7.74. The van der Waals surface area contributed by atoms with Crippen molar-refractivity contribution >= 4 is 23.2 Å². The van der Waals surface area contributed by atoms with Crippen molar-refractivity contribution < 1.29 is 4.79 Å². The summed E-state index contributed by atoms with van der Waals surface area (Å²) in [5, 5.41) is 15.6. The van der Waals surface area contributed by atoms with E-state index in [1.165, 1.54) is 0 Å². The number of rotatable bonds is 8. The van der Waals surface area contributed by atoms with Crippen LogP contribution >= 0.6 is 11.6 Å². The van der Waals surface area contributed by atoms with E-state index in [0.29, 0.717) is 42.9 Å². The van der Waals surface area contributed by atoms with E-state index in [2.05, 4.69) is 31.5 Å². The van der Waals surface area contributed by atoms with Crippen LogP contribution in [0.25, 0.3) is 5.65 Å². The highest BCUT2D eigenvalue weighted by atomic mass is 35.5. The van der Waals surface area contributed by atoms with Gasteiger partial charge in [-0.05, 0) is 12.0 Å². The molecule has 0 aromatic carbocycles. The maximum atomic E-state index is 11.9. The van der Waals surface area contributed by atoms with Gasteiger partial charge < -0.3 is 5.32 Å². The molecule has 0 saturated carbocycles. The third kappa shape index (κ3) is 3.89. The number of hydrogen-bond donors (Lipinski definition) is 1. The predicted octanol–water partition coefficient (Wildman–Crippen LogP) is 2.40. The van der Waals surface area contributed by atoms with Crippen molar-refractivity contribution in [3.05, 3.63) is 29.2 Å². The van der Waals surface area contributed by atoms with E-state index < -0.39 is 5.66 Å². The van der Waals surface area contributed by atoms with Gasteiger partial charge in [0.05, 0.1) is 6.20 Å². The number of terminal acetylenes is 1. The maximum absolute atomic E-state index is 11.9. The number of hydrogen-bond acceptors (Lipinski definition) is 5. The minimum Gasteiger partial charge on any atom is -0.356 e. The van der Waals surface area contributed by atoms with Gasteiger partial charge in [-0.25, -0.2) is 9.50 Å². The van der Waals surface area contributed by atoms with Gasteiger partial charge in [0.25, 0.3) is 0 Å². The lowest BCUT2D eigenvalue weighted by atomic mass is 10.0. The van der Waals surface area contributed by atoms with E-state index in [-0.39, 0.29) is 5.91 Å². The van der Waals surface area contributed by atoms with Crippen LogP contribution in [0.4, 0.5) is 0 Å². The van der Waals surface area contributed by atoms with Crippen molar-refractivity contribution in [2.75, 3.05) is 6.54 Å². The van der Waals surface area contributed by atoms with E-state index >= 15 is 0 Å². The first-order valence-corrected chi connectivity index (χ1v) is 8.12. The van der Waals surface area contributed by atoms with E-state index in [1.807, 2.05) is 6.20 Å². The molecule has 0 bridgehead atoms. The number of carbonyl (C=O) groups is 1. The number of nitrogens with one attached hydrogen (secondary N) is 1. The number of amides is 1. The predicted molar refractivity (Wildman–Crippen MR) is 89.6 cm³/mol. The smallest absolute Gasteiger partial charge is 0.220 e. The third-order valence-electron chi connectivity index (χ3n) is 3.91. The van der Waals surface area contributed by atoms with Crippen LogP contribution in [-0.4, -0.2) is 32.7 Å². The molecule has 0 saturated heterocycles. The standard InChI is InChI=1S/C16H17ClN6O/c1-2-3-6-16(21-22-16)7-4-14(24)18-8-5-12-9-19-15-13(17)10-20-23(15)11-12/h1,9-11H,3-8H2,(H,18,24). The Morgan fingerprint density at radius 2 is 2.21 bits per heavy atom. The second-order valence-electron chi connectivity index (χ2n) is 5.71. The van der Waals surface area contributed by atoms with Gasteiger partial charge in [0.2, 0.25) is 5.91 Å². The minimum atomic E-state index is -0.405. The molecule has 8 heteroatoms. The van der Waals surface area contributed by atoms with Gasteiger partial charge in [0.15, 0.2) is 11.3 Å². The lowest BCUT2D eigenvalue weighted by Crippen LogP contribution is -2.27. The molecule has 1 N–H and O–H groups in total. The van der Waals surface area contributed by atoms with Gasteiger partial charge in [-0.1, -0.05) is 11.6 Å². The minimum absolute atomic E-state index is 0.0106. The van der Waals surface area contributed by atoms with Crippen LogP contribution in [0.15, 0.2) is 28.8 Å². The van der Waals surface area contributed by atoms with Crippen molar-refractivity contribution in [1.29, 1.82) is 0 Å². The lowest BCUT2D eigenvalue weighted by molar-refractivity contribution is -0.121. The van der Waals surface area contributed by atoms with Gasteiger partial charge >= 0.3 is 0 Å². The molecule has 1 amide bonds. The molecule has 0 spiro atoms. The Morgan fingerprint density at radius 3 is 2.96 bits per heavy atom. The van der Waals surface area contributed by atoms with E-state index in [9.17, 15) is 4.79 Å². The molecule has 2 aromatic heterocycles. The molecule has 3 heterocycles. The Hall–Kier alpha value is -2.46. The van der Waals surface area contributed by atoms with Crippen LogP contribution in [0.5, 0.6) is 0 Å². The highest BCUT2D eigenvalue weighted by Gasteiger charge is 2.39. The average Bonchev–Trinajstić information content (AvgIpc) is 3.27. The molecule has 0 aliphatic carbocycles. The lowest BCUT2D eigenvalue weighted by Gasteiger charge is -2.09. The topological polar surface area (TPSA) is 84.0 Å². The van der Waals surface area contributed by atoms with Crippen LogP contribution in [0.1, 0.15) is 31.2 Å². The second kappa shape index (κ2) is 6.97. The Balaban J connectivity index is 1.41. The Morgan fingerprint density at radius 1 is 1.38 bits per heavy atom. The Labute approximate surface area is 144 Å². The van der Waals surface area contributed by atoms with Crippen molar-refractivity contribution in [3.63, 3.8) is 0 Å². The summed E-state index contributed by atoms with van der Waals surface area (Å²) in [5.74, 6) is 2.57. The molecular weight excluding hydrogens is 328 g/mol. The average molecular weight is 345 g/mol. The molecule has 7 nitrogen and oxygen atoms in total. The zero-order valence-electron chi connectivity index (χ0n) is 13.1. The molecule has 0 unspecified atom stereocenters. The van der Waals surface area contributed by atoms with E-state index in [4.69, 9.17) is 18.0 Å². The van der Waals surface area contributed by atoms with Crippen LogP contribution in [-0.2, 0) is 11.2 Å². The highest BCUT2D eigenvalue weighted by Crippen LogP contribution is 2.37. The second-order valence-corrected chi connectivity index (χ2v) is 6.12. The van der Waals surface area contributed by atoms with Gasteiger partial charge in [0.1, 0.15) is 5.02 Å². The monoisotopic (exact) mass is 344 g/mol. The summed E-state index contributed by atoms with van der Waals surface area (Å²) in [5.41, 5.74) is 1.19. The molecule has 124 valence electrons. The summed E-state index contributed by atoms with van der Waals surface area (Å²) in [6.07, 6.45) is 13.4. The van der Waals surface area contributed by atoms with Crippen molar-refractivity contribution in [2.24, 2.45) is 10.2 Å². The summed E-state index contributed by atoms with van der Waals surface area (Å²) in [4.78, 5) is 16.2. The molecule has 1 aliphatic heterocycles. The summed E-state index contributed by atoms with van der Waals surface area (Å²) in [6, 6.07) is 0. The highest BCUT2D eigenvalue weighted by molar-refractivity contribution is 6.33. The number of aromatic nitrogens is 3. The van der Waals surface area contributed by atoms with Crippen LogP contribution in [0.2, 0.25) is 5.02 Å². The fourth-order valence-corrected chi connectivity index (χ4v) is 2.61. The Kier molecular flexibility index (Phi) is 4.76. The number of carbonyl (C=O) groups excluding carboxylic acids is 1. The summed E-state index contributed by atoms with van der Waals surface area (Å²) in [6.45, 7) is 0.534. The quantitative estimate of drug-likeness (QED) is 0.746. The normalized spacial score (nSPS) is 14.5. The van der Waals surface area contributed by atoms with Gasteiger partial charge in [-0.15, -0.1) is 12.3 Å². The van der Waals surface area contributed by atoms with Crippen molar-refractivity contribution in [3.8, 4) is 12.3 Å². The van der Waals surface area contributed by atoms with Gasteiger partial charge in [0, 0.05) is 44.6 Å². The zero-order valence-corrected chi connectivity index (χ0v) is 13.8. The van der Waals surface area contributed by atoms with Crippen molar-refractivity contribution in [2.45, 2.75) is 37.8 Å². The number of fused-ring (bicyclic) bond motifs is 1. The van der Waals surface area contributed by atoms with E-state index in [1.54, 1.807) is 16.9 Å². The van der Waals surface area contributed by atoms with Crippen LogP contribution in [0, 0.1) is 12.3 Å². The van der Waals surface area contributed by atoms with E-state index in [0.717, 1.165) is 12.0 Å². The van der Waals surface area contributed by atoms with Crippen LogP contribution < -0.4 is 5.32 Å². The summed E-state index contributed by atoms with van der Waals surface area (Å²) < 4.78 is 1.63. The molecule has 0 radical (unpaired) electrons. The zero-order chi connectivity index (χ0) is 17.0. The molecule has 1 aliphatic rings. The Bertz CT molecular complexity index is 816. The molecular formula is C16H17ClN6O. The molecule has 3 rings (SSSR count).